The molecule has 3 rings (SSSR count). The maximum absolute atomic E-state index is 12.7. The first-order valence-corrected chi connectivity index (χ1v) is 9.20. The van der Waals surface area contributed by atoms with Gasteiger partial charge in [0.2, 0.25) is 5.91 Å². The molecule has 2 aliphatic heterocycles. The van der Waals surface area contributed by atoms with Crippen molar-refractivity contribution in [2.24, 2.45) is 0 Å². The van der Waals surface area contributed by atoms with Crippen molar-refractivity contribution in [1.82, 2.24) is 5.32 Å². The van der Waals surface area contributed by atoms with E-state index in [0.717, 1.165) is 56.8 Å². The molecule has 136 valence electrons. The highest BCUT2D eigenvalue weighted by molar-refractivity contribution is 6.01. The highest BCUT2D eigenvalue weighted by Crippen LogP contribution is 2.28. The van der Waals surface area contributed by atoms with Crippen LogP contribution in [0.25, 0.3) is 0 Å². The van der Waals surface area contributed by atoms with E-state index in [-0.39, 0.29) is 17.9 Å². The quantitative estimate of drug-likeness (QED) is 0.860. The number of nitrogens with one attached hydrogen (secondary N) is 2. The predicted octanol–water partition coefficient (Wildman–Crippen LogP) is 2.54. The van der Waals surface area contributed by atoms with Gasteiger partial charge in [-0.2, -0.15) is 0 Å². The highest BCUT2D eigenvalue weighted by atomic mass is 16.5. The Bertz CT molecular complexity index is 620. The van der Waals surface area contributed by atoms with Crippen molar-refractivity contribution in [1.29, 1.82) is 0 Å². The van der Waals surface area contributed by atoms with Crippen molar-refractivity contribution < 1.29 is 14.3 Å². The number of carbonyl (C=O) groups is 2. The van der Waals surface area contributed by atoms with Gasteiger partial charge in [0.25, 0.3) is 5.91 Å². The molecule has 2 saturated heterocycles. The fourth-order valence-electron chi connectivity index (χ4n) is 3.51. The molecular formula is C19H27N3O3. The summed E-state index contributed by atoms with van der Waals surface area (Å²) in [4.78, 5) is 26.3. The molecule has 1 atom stereocenters. The van der Waals surface area contributed by atoms with Crippen LogP contribution in [-0.4, -0.2) is 44.2 Å². The van der Waals surface area contributed by atoms with Gasteiger partial charge in [0, 0.05) is 38.9 Å². The molecule has 2 aliphatic rings. The second-order valence-electron chi connectivity index (χ2n) is 6.81. The number of hydrogen-bond donors (Lipinski definition) is 2. The average molecular weight is 345 g/mol. The molecule has 0 spiro atoms. The number of carbonyl (C=O) groups excluding carboxylic acids is 2. The second kappa shape index (κ2) is 8.34. The zero-order chi connectivity index (χ0) is 17.6. The molecule has 0 saturated carbocycles. The predicted molar refractivity (Wildman–Crippen MR) is 98.1 cm³/mol. The van der Waals surface area contributed by atoms with E-state index in [1.807, 2.05) is 6.07 Å². The summed E-state index contributed by atoms with van der Waals surface area (Å²) >= 11 is 0. The van der Waals surface area contributed by atoms with Crippen LogP contribution in [0.15, 0.2) is 18.2 Å². The van der Waals surface area contributed by atoms with Gasteiger partial charge in [0.15, 0.2) is 0 Å². The topological polar surface area (TPSA) is 70.7 Å². The normalized spacial score (nSPS) is 20.4. The summed E-state index contributed by atoms with van der Waals surface area (Å²) in [5.41, 5.74) is 2.29. The molecule has 1 aromatic carbocycles. The van der Waals surface area contributed by atoms with Crippen LogP contribution in [0, 0.1) is 0 Å². The number of anilines is 2. The third kappa shape index (κ3) is 4.72. The first-order valence-electron chi connectivity index (χ1n) is 9.20. The minimum atomic E-state index is -0.111. The Morgan fingerprint density at radius 1 is 1.20 bits per heavy atom. The van der Waals surface area contributed by atoms with Crippen LogP contribution in [0.2, 0.25) is 0 Å². The lowest BCUT2D eigenvalue weighted by Gasteiger charge is -2.30. The Morgan fingerprint density at radius 2 is 2.00 bits per heavy atom. The number of amides is 2. The summed E-state index contributed by atoms with van der Waals surface area (Å²) in [7, 11) is 0. The lowest BCUT2D eigenvalue weighted by Crippen LogP contribution is -2.35. The molecule has 2 amide bonds. The van der Waals surface area contributed by atoms with Crippen LogP contribution in [0.3, 0.4) is 0 Å². The molecule has 0 bridgehead atoms. The van der Waals surface area contributed by atoms with Crippen molar-refractivity contribution in [3.8, 4) is 0 Å². The van der Waals surface area contributed by atoms with Crippen LogP contribution in [-0.2, 0) is 9.53 Å². The van der Waals surface area contributed by atoms with Gasteiger partial charge in [-0.3, -0.25) is 9.59 Å². The molecule has 0 aromatic heterocycles. The summed E-state index contributed by atoms with van der Waals surface area (Å²) in [6, 6.07) is 5.50. The molecule has 2 fully saturated rings. The van der Waals surface area contributed by atoms with Gasteiger partial charge in [-0.1, -0.05) is 0 Å². The van der Waals surface area contributed by atoms with E-state index in [4.69, 9.17) is 4.74 Å². The van der Waals surface area contributed by atoms with E-state index in [1.54, 1.807) is 12.1 Å². The minimum Gasteiger partial charge on any atom is -0.376 e. The minimum absolute atomic E-state index is 0.0783. The lowest BCUT2D eigenvalue weighted by atomic mass is 10.1. The summed E-state index contributed by atoms with van der Waals surface area (Å²) in [5.74, 6) is -0.189. The highest BCUT2D eigenvalue weighted by Gasteiger charge is 2.21. The molecule has 2 N–H and O–H groups in total. The fourth-order valence-corrected chi connectivity index (χ4v) is 3.51. The van der Waals surface area contributed by atoms with E-state index in [1.165, 1.54) is 13.3 Å². The van der Waals surface area contributed by atoms with E-state index in [9.17, 15) is 9.59 Å². The van der Waals surface area contributed by atoms with Crippen LogP contribution >= 0.6 is 0 Å². The van der Waals surface area contributed by atoms with Gasteiger partial charge in [-0.25, -0.2) is 0 Å². The van der Waals surface area contributed by atoms with Gasteiger partial charge < -0.3 is 20.3 Å². The number of nitrogens with zero attached hydrogens (tertiary/aromatic N) is 1. The van der Waals surface area contributed by atoms with E-state index < -0.39 is 0 Å². The number of hydrogen-bond acceptors (Lipinski definition) is 4. The van der Waals surface area contributed by atoms with Crippen LogP contribution in [0.1, 0.15) is 49.4 Å². The summed E-state index contributed by atoms with van der Waals surface area (Å²) in [6.45, 7) is 4.70. The Hall–Kier alpha value is -2.08. The maximum atomic E-state index is 12.7. The van der Waals surface area contributed by atoms with E-state index >= 15 is 0 Å². The fraction of sp³-hybridized carbons (Fsp3) is 0.579. The SMILES string of the molecule is CC(=O)Nc1ccc(C(=O)NC[C@H]2CCCO2)c(N2CCCCC2)c1. The zero-order valence-corrected chi connectivity index (χ0v) is 14.8. The smallest absolute Gasteiger partial charge is 0.253 e. The van der Waals surface area contributed by atoms with Gasteiger partial charge in [0.1, 0.15) is 0 Å². The molecular weight excluding hydrogens is 318 g/mol. The van der Waals surface area contributed by atoms with Crippen LogP contribution in [0.5, 0.6) is 0 Å². The summed E-state index contributed by atoms with van der Waals surface area (Å²) in [6.07, 6.45) is 5.66. The molecule has 1 aromatic rings. The third-order valence-corrected chi connectivity index (χ3v) is 4.77. The van der Waals surface area contributed by atoms with E-state index in [0.29, 0.717) is 12.1 Å². The van der Waals surface area contributed by atoms with Crippen molar-refractivity contribution >= 4 is 23.2 Å². The standard InChI is InChI=1S/C19H27N3O3/c1-14(23)21-15-7-8-17(18(12-15)22-9-3-2-4-10-22)19(24)20-13-16-6-5-11-25-16/h7-8,12,16H,2-6,9-11,13H2,1H3,(H,20,24)(H,21,23)/t16-/m1/s1. The van der Waals surface area contributed by atoms with Gasteiger partial charge in [0.05, 0.1) is 17.4 Å². The Morgan fingerprint density at radius 3 is 2.68 bits per heavy atom. The van der Waals surface area contributed by atoms with Crippen molar-refractivity contribution in [2.45, 2.75) is 45.1 Å². The molecule has 2 heterocycles. The molecule has 25 heavy (non-hydrogen) atoms. The van der Waals surface area contributed by atoms with Gasteiger partial charge in [-0.05, 0) is 50.3 Å². The molecule has 0 unspecified atom stereocenters. The number of ether oxygens (including phenoxy) is 1. The van der Waals surface area contributed by atoms with E-state index in [2.05, 4.69) is 15.5 Å². The Labute approximate surface area is 148 Å². The van der Waals surface area contributed by atoms with Crippen LogP contribution in [0.4, 0.5) is 11.4 Å². The Kier molecular flexibility index (Phi) is 5.91. The number of benzene rings is 1. The third-order valence-electron chi connectivity index (χ3n) is 4.77. The molecule has 6 heteroatoms. The first-order chi connectivity index (χ1) is 12.1. The lowest BCUT2D eigenvalue weighted by molar-refractivity contribution is -0.114. The average Bonchev–Trinajstić information content (AvgIpc) is 3.13. The molecule has 6 nitrogen and oxygen atoms in total. The summed E-state index contributed by atoms with van der Waals surface area (Å²) in [5, 5.41) is 5.81. The molecule has 0 aliphatic carbocycles. The first kappa shape index (κ1) is 17.7. The number of rotatable bonds is 5. The van der Waals surface area contributed by atoms with Crippen LogP contribution < -0.4 is 15.5 Å². The van der Waals surface area contributed by atoms with Gasteiger partial charge in [-0.15, -0.1) is 0 Å². The van der Waals surface area contributed by atoms with Gasteiger partial charge >= 0.3 is 0 Å². The Balaban J connectivity index is 1.77. The van der Waals surface area contributed by atoms with Crippen molar-refractivity contribution in [3.63, 3.8) is 0 Å². The second-order valence-corrected chi connectivity index (χ2v) is 6.81. The molecule has 0 radical (unpaired) electrons. The maximum Gasteiger partial charge on any atom is 0.253 e. The largest absolute Gasteiger partial charge is 0.376 e. The zero-order valence-electron chi connectivity index (χ0n) is 14.8. The number of piperidine rings is 1. The van der Waals surface area contributed by atoms with Crippen molar-refractivity contribution in [2.75, 3.05) is 36.5 Å². The monoisotopic (exact) mass is 345 g/mol. The summed E-state index contributed by atoms with van der Waals surface area (Å²) < 4.78 is 5.58. The van der Waals surface area contributed by atoms with Crippen molar-refractivity contribution in [3.05, 3.63) is 23.8 Å².